The predicted octanol–water partition coefficient (Wildman–Crippen LogP) is 2.18. The Hall–Kier alpha value is -2.91. The number of ether oxygens (including phenoxy) is 3. The molecule has 154 valence electrons. The molecule has 8 nitrogen and oxygen atoms in total. The Morgan fingerprint density at radius 1 is 1.07 bits per heavy atom. The van der Waals surface area contributed by atoms with E-state index in [9.17, 15) is 18.0 Å². The zero-order valence-corrected chi connectivity index (χ0v) is 16.8. The molecule has 29 heavy (non-hydrogen) atoms. The molecule has 0 spiro atoms. The van der Waals surface area contributed by atoms with Crippen molar-refractivity contribution in [1.82, 2.24) is 4.72 Å². The number of Topliss-reactive ketones (excluding diaryl/α,β-unsaturated/α-hetero) is 1. The predicted molar refractivity (Wildman–Crippen MR) is 104 cm³/mol. The highest BCUT2D eigenvalue weighted by molar-refractivity contribution is 7.89. The lowest BCUT2D eigenvalue weighted by Crippen LogP contribution is -2.26. The maximum atomic E-state index is 12.4. The van der Waals surface area contributed by atoms with Gasteiger partial charge in [-0.2, -0.15) is 0 Å². The van der Waals surface area contributed by atoms with Crippen LogP contribution in [0.15, 0.2) is 47.4 Å². The molecule has 0 heterocycles. The zero-order valence-electron chi connectivity index (χ0n) is 16.0. The first-order chi connectivity index (χ1) is 13.8. The third-order valence-corrected chi connectivity index (χ3v) is 5.84. The Morgan fingerprint density at radius 2 is 1.83 bits per heavy atom. The molecule has 0 atom stereocenters. The molecule has 2 aromatic rings. The van der Waals surface area contributed by atoms with E-state index in [0.717, 1.165) is 12.8 Å². The molecule has 1 aliphatic carbocycles. The lowest BCUT2D eigenvalue weighted by Gasteiger charge is -2.10. The van der Waals surface area contributed by atoms with Crippen LogP contribution in [0.2, 0.25) is 0 Å². The quantitative estimate of drug-likeness (QED) is 0.490. The summed E-state index contributed by atoms with van der Waals surface area (Å²) in [6.45, 7) is -0.515. The number of carbonyl (C=O) groups is 2. The van der Waals surface area contributed by atoms with Gasteiger partial charge in [-0.05, 0) is 43.2 Å². The first-order valence-corrected chi connectivity index (χ1v) is 10.4. The summed E-state index contributed by atoms with van der Waals surface area (Å²) in [5.41, 5.74) is 0.282. The molecule has 0 amide bonds. The van der Waals surface area contributed by atoms with Gasteiger partial charge in [-0.25, -0.2) is 17.9 Å². The van der Waals surface area contributed by atoms with Gasteiger partial charge in [0, 0.05) is 12.1 Å². The monoisotopic (exact) mass is 419 g/mol. The van der Waals surface area contributed by atoms with Crippen LogP contribution >= 0.6 is 0 Å². The van der Waals surface area contributed by atoms with Crippen molar-refractivity contribution < 1.29 is 32.2 Å². The van der Waals surface area contributed by atoms with Crippen LogP contribution in [0.1, 0.15) is 33.6 Å². The van der Waals surface area contributed by atoms with Crippen LogP contribution in [0.25, 0.3) is 0 Å². The van der Waals surface area contributed by atoms with E-state index in [-0.39, 0.29) is 22.1 Å². The molecule has 0 aliphatic heterocycles. The van der Waals surface area contributed by atoms with Gasteiger partial charge >= 0.3 is 5.97 Å². The van der Waals surface area contributed by atoms with Gasteiger partial charge in [-0.3, -0.25) is 4.79 Å². The number of carbonyl (C=O) groups excluding carboxylic acids is 2. The van der Waals surface area contributed by atoms with Gasteiger partial charge in [-0.15, -0.1) is 0 Å². The van der Waals surface area contributed by atoms with Gasteiger partial charge in [0.15, 0.2) is 6.61 Å². The number of methoxy groups -OCH3 is 2. The smallest absolute Gasteiger partial charge is 0.338 e. The van der Waals surface area contributed by atoms with Crippen molar-refractivity contribution in [2.45, 2.75) is 23.8 Å². The average molecular weight is 419 g/mol. The van der Waals surface area contributed by atoms with E-state index in [0.29, 0.717) is 11.5 Å². The van der Waals surface area contributed by atoms with E-state index in [1.54, 1.807) is 12.1 Å². The molecule has 0 aromatic heterocycles. The summed E-state index contributed by atoms with van der Waals surface area (Å²) in [6.07, 6.45) is 1.61. The minimum atomic E-state index is -3.70. The fourth-order valence-corrected chi connectivity index (χ4v) is 3.95. The van der Waals surface area contributed by atoms with Gasteiger partial charge in [0.05, 0.1) is 30.2 Å². The van der Waals surface area contributed by atoms with E-state index >= 15 is 0 Å². The minimum Gasteiger partial charge on any atom is -0.497 e. The molecule has 0 saturated heterocycles. The molecule has 1 N–H and O–H groups in total. The van der Waals surface area contributed by atoms with Crippen LogP contribution in [-0.2, 0) is 14.8 Å². The number of hydrogen-bond acceptors (Lipinski definition) is 7. The fourth-order valence-electron chi connectivity index (χ4n) is 2.60. The number of sulfonamides is 1. The Morgan fingerprint density at radius 3 is 2.48 bits per heavy atom. The van der Waals surface area contributed by atoms with Crippen LogP contribution in [-0.4, -0.2) is 47.0 Å². The third kappa shape index (κ3) is 5.12. The standard InChI is InChI=1S/C20H21NO7S/c1-26-15-8-9-17(19(11-15)27-2)18(22)12-28-20(23)13-4-3-5-16(10-13)29(24,25)21-14-6-7-14/h3-5,8-11,14,21H,6-7,12H2,1-2H3. The number of ketones is 1. The van der Waals surface area contributed by atoms with Crippen molar-refractivity contribution in [1.29, 1.82) is 0 Å². The molecule has 9 heteroatoms. The minimum absolute atomic E-state index is 0.0259. The van der Waals surface area contributed by atoms with Crippen molar-refractivity contribution in [3.63, 3.8) is 0 Å². The Balaban J connectivity index is 1.68. The Kier molecular flexibility index (Phi) is 6.19. The van der Waals surface area contributed by atoms with Crippen LogP contribution in [0.3, 0.4) is 0 Å². The van der Waals surface area contributed by atoms with Gasteiger partial charge in [0.25, 0.3) is 0 Å². The lowest BCUT2D eigenvalue weighted by molar-refractivity contribution is 0.0473. The highest BCUT2D eigenvalue weighted by Crippen LogP contribution is 2.25. The molecule has 2 aromatic carbocycles. The SMILES string of the molecule is COc1ccc(C(=O)COC(=O)c2cccc(S(=O)(=O)NC3CC3)c2)c(OC)c1. The van der Waals surface area contributed by atoms with Crippen LogP contribution < -0.4 is 14.2 Å². The number of nitrogens with one attached hydrogen (secondary N) is 1. The molecular formula is C20H21NO7S. The molecule has 0 unspecified atom stereocenters. The summed E-state index contributed by atoms with van der Waals surface area (Å²) in [5.74, 6) is -0.441. The highest BCUT2D eigenvalue weighted by Gasteiger charge is 2.28. The Bertz CT molecular complexity index is 1030. The Labute approximate surface area is 168 Å². The maximum absolute atomic E-state index is 12.4. The van der Waals surface area contributed by atoms with Gasteiger partial charge < -0.3 is 14.2 Å². The van der Waals surface area contributed by atoms with E-state index in [1.165, 1.54) is 44.6 Å². The number of rotatable bonds is 9. The first-order valence-electron chi connectivity index (χ1n) is 8.89. The second-order valence-corrected chi connectivity index (χ2v) is 8.20. The zero-order chi connectivity index (χ0) is 21.0. The molecule has 1 fully saturated rings. The molecule has 1 saturated carbocycles. The summed E-state index contributed by atoms with van der Waals surface area (Å²) in [7, 11) is -0.788. The van der Waals surface area contributed by atoms with Crippen molar-refractivity contribution in [3.05, 3.63) is 53.6 Å². The van der Waals surface area contributed by atoms with Crippen molar-refractivity contribution >= 4 is 21.8 Å². The van der Waals surface area contributed by atoms with Gasteiger partial charge in [0.2, 0.25) is 15.8 Å². The number of esters is 1. The molecule has 0 bridgehead atoms. The second kappa shape index (κ2) is 8.62. The van der Waals surface area contributed by atoms with E-state index in [2.05, 4.69) is 4.72 Å². The summed E-state index contributed by atoms with van der Waals surface area (Å²) in [4.78, 5) is 24.7. The van der Waals surface area contributed by atoms with E-state index < -0.39 is 28.4 Å². The third-order valence-electron chi connectivity index (χ3n) is 4.32. The van der Waals surface area contributed by atoms with Gasteiger partial charge in [-0.1, -0.05) is 6.07 Å². The molecule has 0 radical (unpaired) electrons. The number of benzene rings is 2. The summed E-state index contributed by atoms with van der Waals surface area (Å²) in [5, 5.41) is 0. The summed E-state index contributed by atoms with van der Waals surface area (Å²) < 4.78 is 42.5. The largest absolute Gasteiger partial charge is 0.497 e. The van der Waals surface area contributed by atoms with Crippen molar-refractivity contribution in [2.75, 3.05) is 20.8 Å². The van der Waals surface area contributed by atoms with Crippen molar-refractivity contribution in [3.8, 4) is 11.5 Å². The highest BCUT2D eigenvalue weighted by atomic mass is 32.2. The van der Waals surface area contributed by atoms with Crippen LogP contribution in [0, 0.1) is 0 Å². The maximum Gasteiger partial charge on any atom is 0.338 e. The van der Waals surface area contributed by atoms with E-state index in [1.807, 2.05) is 0 Å². The second-order valence-electron chi connectivity index (χ2n) is 6.49. The molecule has 3 rings (SSSR count). The fraction of sp³-hybridized carbons (Fsp3) is 0.300. The lowest BCUT2D eigenvalue weighted by atomic mass is 10.1. The topological polar surface area (TPSA) is 108 Å². The molecule has 1 aliphatic rings. The first kappa shape index (κ1) is 20.8. The van der Waals surface area contributed by atoms with Crippen LogP contribution in [0.5, 0.6) is 11.5 Å². The van der Waals surface area contributed by atoms with Crippen molar-refractivity contribution in [2.24, 2.45) is 0 Å². The van der Waals surface area contributed by atoms with Gasteiger partial charge in [0.1, 0.15) is 11.5 Å². The molecular weight excluding hydrogens is 398 g/mol. The van der Waals surface area contributed by atoms with E-state index in [4.69, 9.17) is 14.2 Å². The summed E-state index contributed by atoms with van der Waals surface area (Å²) in [6, 6.07) is 10.1. The number of hydrogen-bond donors (Lipinski definition) is 1. The van der Waals surface area contributed by atoms with Crippen LogP contribution in [0.4, 0.5) is 0 Å². The normalized spacial score (nSPS) is 13.6. The average Bonchev–Trinajstić information content (AvgIpc) is 3.54. The summed E-state index contributed by atoms with van der Waals surface area (Å²) >= 11 is 0.